The fourth-order valence-electron chi connectivity index (χ4n) is 2.52. The maximum Gasteiger partial charge on any atom is 0.401 e. The minimum atomic E-state index is -4.09. The maximum atomic E-state index is 12.4. The Morgan fingerprint density at radius 1 is 1.00 bits per heavy atom. The van der Waals surface area contributed by atoms with Gasteiger partial charge in [-0.25, -0.2) is 0 Å². The molecule has 0 aromatic heterocycles. The van der Waals surface area contributed by atoms with Gasteiger partial charge in [0.1, 0.15) is 0 Å². The minimum Gasteiger partial charge on any atom is -0.330 e. The van der Waals surface area contributed by atoms with Gasteiger partial charge in [0.05, 0.1) is 6.54 Å². The summed E-state index contributed by atoms with van der Waals surface area (Å²) in [5, 5.41) is 0. The van der Waals surface area contributed by atoms with E-state index in [-0.39, 0.29) is 0 Å². The van der Waals surface area contributed by atoms with E-state index in [9.17, 15) is 13.2 Å². The van der Waals surface area contributed by atoms with Crippen LogP contribution in [0, 0.1) is 5.92 Å². The fourth-order valence-corrected chi connectivity index (χ4v) is 2.52. The van der Waals surface area contributed by atoms with Crippen molar-refractivity contribution in [3.8, 4) is 0 Å². The number of alkyl halides is 3. The van der Waals surface area contributed by atoms with Gasteiger partial charge < -0.3 is 5.73 Å². The van der Waals surface area contributed by atoms with Crippen LogP contribution in [-0.4, -0.2) is 37.3 Å². The third-order valence-electron chi connectivity index (χ3n) is 3.30. The Bertz CT molecular complexity index is 201. The first-order chi connectivity index (χ1) is 8.92. The Balaban J connectivity index is 4.01. The van der Waals surface area contributed by atoms with E-state index in [0.29, 0.717) is 25.6 Å². The first kappa shape index (κ1) is 18.7. The molecule has 19 heavy (non-hydrogen) atoms. The van der Waals surface area contributed by atoms with Crippen molar-refractivity contribution in [1.82, 2.24) is 4.90 Å². The maximum absolute atomic E-state index is 12.4. The van der Waals surface area contributed by atoms with Crippen LogP contribution >= 0.6 is 0 Å². The molecule has 1 atom stereocenters. The standard InChI is InChI=1S/C14H29F3N2/c1-3-6-13(8-9-18)7-5-11-19(10-4-2)12-14(15,16)17/h13H,3-12,18H2,1-2H3. The summed E-state index contributed by atoms with van der Waals surface area (Å²) in [6, 6.07) is 0. The van der Waals surface area contributed by atoms with Crippen molar-refractivity contribution in [2.45, 2.75) is 58.5 Å². The fraction of sp³-hybridized carbons (Fsp3) is 1.00. The van der Waals surface area contributed by atoms with E-state index in [1.165, 1.54) is 4.90 Å². The average molecular weight is 282 g/mol. The van der Waals surface area contributed by atoms with Crippen molar-refractivity contribution in [2.75, 3.05) is 26.2 Å². The SMILES string of the molecule is CCCC(CCN)CCCN(CCC)CC(F)(F)F. The lowest BCUT2D eigenvalue weighted by Gasteiger charge is -2.24. The Labute approximate surface area is 115 Å². The van der Waals surface area contributed by atoms with Crippen LogP contribution in [0.1, 0.15) is 52.4 Å². The number of nitrogens with two attached hydrogens (primary N) is 1. The van der Waals surface area contributed by atoms with Crippen molar-refractivity contribution in [3.63, 3.8) is 0 Å². The minimum absolute atomic E-state index is 0.523. The summed E-state index contributed by atoms with van der Waals surface area (Å²) in [5.74, 6) is 0.573. The van der Waals surface area contributed by atoms with Crippen molar-refractivity contribution in [2.24, 2.45) is 11.7 Å². The molecule has 0 heterocycles. The van der Waals surface area contributed by atoms with Gasteiger partial charge in [0.15, 0.2) is 0 Å². The van der Waals surface area contributed by atoms with E-state index in [4.69, 9.17) is 5.73 Å². The van der Waals surface area contributed by atoms with Crippen molar-refractivity contribution in [1.29, 1.82) is 0 Å². The van der Waals surface area contributed by atoms with Gasteiger partial charge in [0, 0.05) is 0 Å². The van der Waals surface area contributed by atoms with Crippen molar-refractivity contribution >= 4 is 0 Å². The van der Waals surface area contributed by atoms with E-state index in [1.54, 1.807) is 0 Å². The van der Waals surface area contributed by atoms with Crippen LogP contribution in [0.15, 0.2) is 0 Å². The molecule has 0 bridgehead atoms. The van der Waals surface area contributed by atoms with E-state index >= 15 is 0 Å². The Morgan fingerprint density at radius 2 is 1.68 bits per heavy atom. The predicted molar refractivity (Wildman–Crippen MR) is 74.1 cm³/mol. The van der Waals surface area contributed by atoms with Gasteiger partial charge in [-0.15, -0.1) is 0 Å². The zero-order chi connectivity index (χ0) is 14.7. The van der Waals surface area contributed by atoms with Gasteiger partial charge in [-0.05, 0) is 51.2 Å². The molecule has 0 saturated carbocycles. The molecule has 0 aliphatic carbocycles. The summed E-state index contributed by atoms with van der Waals surface area (Å²) in [4.78, 5) is 1.52. The molecule has 2 nitrogen and oxygen atoms in total. The van der Waals surface area contributed by atoms with Crippen LogP contribution in [0.4, 0.5) is 13.2 Å². The van der Waals surface area contributed by atoms with Gasteiger partial charge in [-0.1, -0.05) is 26.7 Å². The summed E-state index contributed by atoms with van der Waals surface area (Å²) in [6.07, 6.45) is 1.73. The lowest BCUT2D eigenvalue weighted by Crippen LogP contribution is -2.35. The molecule has 116 valence electrons. The second-order valence-electron chi connectivity index (χ2n) is 5.27. The molecular weight excluding hydrogens is 253 g/mol. The van der Waals surface area contributed by atoms with Crippen LogP contribution < -0.4 is 5.73 Å². The van der Waals surface area contributed by atoms with Gasteiger partial charge in [-0.2, -0.15) is 13.2 Å². The van der Waals surface area contributed by atoms with Crippen LogP contribution in [0.3, 0.4) is 0 Å². The molecule has 5 heteroatoms. The van der Waals surface area contributed by atoms with Crippen LogP contribution in [0.25, 0.3) is 0 Å². The zero-order valence-corrected chi connectivity index (χ0v) is 12.3. The third kappa shape index (κ3) is 11.3. The second kappa shape index (κ2) is 10.5. The molecule has 0 amide bonds. The molecule has 0 saturated heterocycles. The third-order valence-corrected chi connectivity index (χ3v) is 3.30. The number of hydrogen-bond acceptors (Lipinski definition) is 2. The molecule has 0 radical (unpaired) electrons. The molecule has 0 rings (SSSR count). The Kier molecular flexibility index (Phi) is 10.3. The number of nitrogens with zero attached hydrogens (tertiary/aromatic N) is 1. The molecule has 0 aliphatic rings. The van der Waals surface area contributed by atoms with E-state index in [0.717, 1.165) is 38.5 Å². The van der Waals surface area contributed by atoms with E-state index in [1.807, 2.05) is 6.92 Å². The molecule has 0 aliphatic heterocycles. The van der Waals surface area contributed by atoms with Gasteiger partial charge in [0.2, 0.25) is 0 Å². The topological polar surface area (TPSA) is 29.3 Å². The first-order valence-corrected chi connectivity index (χ1v) is 7.42. The van der Waals surface area contributed by atoms with E-state index < -0.39 is 12.7 Å². The molecule has 1 unspecified atom stereocenters. The summed E-state index contributed by atoms with van der Waals surface area (Å²) in [6.45, 7) is 5.00. The first-order valence-electron chi connectivity index (χ1n) is 7.42. The molecule has 0 aromatic carbocycles. The molecule has 2 N–H and O–H groups in total. The lowest BCUT2D eigenvalue weighted by atomic mass is 9.94. The van der Waals surface area contributed by atoms with Gasteiger partial charge in [0.25, 0.3) is 0 Å². The molecule has 0 spiro atoms. The van der Waals surface area contributed by atoms with E-state index in [2.05, 4.69) is 6.92 Å². The smallest absolute Gasteiger partial charge is 0.330 e. The summed E-state index contributed by atoms with van der Waals surface area (Å²) >= 11 is 0. The van der Waals surface area contributed by atoms with Crippen LogP contribution in [0.5, 0.6) is 0 Å². The molecular formula is C14H29F3N2. The average Bonchev–Trinajstić information content (AvgIpc) is 2.27. The van der Waals surface area contributed by atoms with Gasteiger partial charge in [-0.3, -0.25) is 4.90 Å². The molecule has 0 aromatic rings. The lowest BCUT2D eigenvalue weighted by molar-refractivity contribution is -0.146. The van der Waals surface area contributed by atoms with Crippen molar-refractivity contribution < 1.29 is 13.2 Å². The molecule has 0 fully saturated rings. The Hall–Kier alpha value is -0.290. The summed E-state index contributed by atoms with van der Waals surface area (Å²) in [5.41, 5.74) is 5.56. The number of hydrogen-bond donors (Lipinski definition) is 1. The monoisotopic (exact) mass is 282 g/mol. The Morgan fingerprint density at radius 3 is 2.16 bits per heavy atom. The normalized spacial score (nSPS) is 14.1. The van der Waals surface area contributed by atoms with Gasteiger partial charge >= 0.3 is 6.18 Å². The quantitative estimate of drug-likeness (QED) is 0.624. The predicted octanol–water partition coefficient (Wildman–Crippen LogP) is 3.81. The van der Waals surface area contributed by atoms with Crippen LogP contribution in [0.2, 0.25) is 0 Å². The highest BCUT2D eigenvalue weighted by Crippen LogP contribution is 2.20. The summed E-state index contributed by atoms with van der Waals surface area (Å²) in [7, 11) is 0. The zero-order valence-electron chi connectivity index (χ0n) is 12.3. The van der Waals surface area contributed by atoms with Crippen LogP contribution in [-0.2, 0) is 0 Å². The highest BCUT2D eigenvalue weighted by molar-refractivity contribution is 4.66. The summed E-state index contributed by atoms with van der Waals surface area (Å²) < 4.78 is 37.2. The highest BCUT2D eigenvalue weighted by Gasteiger charge is 2.30. The van der Waals surface area contributed by atoms with Crippen molar-refractivity contribution in [3.05, 3.63) is 0 Å². The number of halogens is 3. The second-order valence-corrected chi connectivity index (χ2v) is 5.27. The highest BCUT2D eigenvalue weighted by atomic mass is 19.4. The number of rotatable bonds is 11. The largest absolute Gasteiger partial charge is 0.401 e.